The van der Waals surface area contributed by atoms with Gasteiger partial charge in [0.15, 0.2) is 0 Å². The summed E-state index contributed by atoms with van der Waals surface area (Å²) in [7, 11) is 0. The maximum Gasteiger partial charge on any atom is 1.00 e. The van der Waals surface area contributed by atoms with Crippen molar-refractivity contribution in [2.75, 3.05) is 6.54 Å². The van der Waals surface area contributed by atoms with Crippen LogP contribution < -0.4 is 34.7 Å². The first-order valence-corrected chi connectivity index (χ1v) is 1.26. The Bertz CT molecular complexity index is 73.3. The first-order chi connectivity index (χ1) is 2.77. The van der Waals surface area contributed by atoms with Crippen LogP contribution >= 0.6 is 0 Å². The van der Waals surface area contributed by atoms with Gasteiger partial charge in [-0.05, 0) is 0 Å². The summed E-state index contributed by atoms with van der Waals surface area (Å²) in [4.78, 5) is 18.1. The summed E-state index contributed by atoms with van der Waals surface area (Å²) in [5, 5.41) is 11.2. The van der Waals surface area contributed by atoms with Gasteiger partial charge in [-0.1, -0.05) is 5.18 Å². The smallest absolute Gasteiger partial charge is 0.548 e. The van der Waals surface area contributed by atoms with E-state index >= 15 is 0 Å². The average Bonchev–Trinajstić information content (AvgIpc) is 1.35. The van der Waals surface area contributed by atoms with E-state index in [1.165, 1.54) is 0 Å². The number of hydrogen-bond donors (Lipinski definition) is 0. The van der Waals surface area contributed by atoms with Crippen molar-refractivity contribution in [2.24, 2.45) is 5.18 Å². The number of carbonyl (C=O) groups excluding carboxylic acids is 1. The van der Waals surface area contributed by atoms with Crippen LogP contribution in [-0.2, 0) is 4.79 Å². The van der Waals surface area contributed by atoms with Crippen LogP contribution in [-0.4, -0.2) is 12.5 Å². The van der Waals surface area contributed by atoms with Crippen LogP contribution in [0.15, 0.2) is 5.18 Å². The van der Waals surface area contributed by atoms with Crippen molar-refractivity contribution in [1.82, 2.24) is 0 Å². The number of hydrogen-bond acceptors (Lipinski definition) is 4. The molecule has 0 aromatic rings. The Morgan fingerprint density at radius 3 is 2.14 bits per heavy atom. The summed E-state index contributed by atoms with van der Waals surface area (Å²) in [6.07, 6.45) is 0. The largest absolute Gasteiger partial charge is 1.00 e. The second kappa shape index (κ2) is 6.07. The summed E-state index contributed by atoms with van der Waals surface area (Å²) >= 11 is 0. The Morgan fingerprint density at radius 2 is 2.14 bits per heavy atom. The minimum Gasteiger partial charge on any atom is -0.548 e. The average molecular weight is 111 g/mol. The maximum absolute atomic E-state index is 9.19. The molecule has 0 saturated carbocycles. The van der Waals surface area contributed by atoms with Crippen LogP contribution in [0.2, 0.25) is 0 Å². The van der Waals surface area contributed by atoms with Crippen molar-refractivity contribution in [1.29, 1.82) is 0 Å². The van der Waals surface area contributed by atoms with Gasteiger partial charge in [-0.15, -0.1) is 0 Å². The van der Waals surface area contributed by atoms with Crippen LogP contribution in [0.3, 0.4) is 0 Å². The number of nitroso groups, excluding NO2 is 1. The Labute approximate surface area is 62.2 Å². The normalized spacial score (nSPS) is 6.29. The standard InChI is InChI=1S/C2H3NO3.Na/c4-2(5)1-3-6;/h1H2,(H,4,5);/q;+1/p-1. The molecule has 5 heteroatoms. The van der Waals surface area contributed by atoms with E-state index < -0.39 is 12.5 Å². The Morgan fingerprint density at radius 1 is 1.71 bits per heavy atom. The van der Waals surface area contributed by atoms with Crippen molar-refractivity contribution >= 4 is 5.97 Å². The second-order valence-electron chi connectivity index (χ2n) is 0.659. The molecule has 0 unspecified atom stereocenters. The molecule has 0 radical (unpaired) electrons. The predicted molar refractivity (Wildman–Crippen MR) is 15.7 cm³/mol. The van der Waals surface area contributed by atoms with E-state index in [4.69, 9.17) is 4.91 Å². The van der Waals surface area contributed by atoms with Crippen LogP contribution in [0.4, 0.5) is 0 Å². The fourth-order valence-corrected chi connectivity index (χ4v) is 0.0527. The Hall–Kier alpha value is 0.0700. The predicted octanol–water partition coefficient (Wildman–Crippen LogP) is -4.49. The SMILES string of the molecule is O=NCC(=O)[O-].[Na+]. The molecule has 0 aliphatic carbocycles. The Balaban J connectivity index is 0. The molecule has 0 N–H and O–H groups in total. The van der Waals surface area contributed by atoms with Gasteiger partial charge in [0.05, 0.1) is 5.97 Å². The number of rotatable bonds is 2. The molecule has 7 heavy (non-hydrogen) atoms. The summed E-state index contributed by atoms with van der Waals surface area (Å²) in [5.41, 5.74) is 0. The molecular weight excluding hydrogens is 109 g/mol. The van der Waals surface area contributed by atoms with Gasteiger partial charge in [0.25, 0.3) is 0 Å². The number of carboxylic acids is 1. The minimum atomic E-state index is -1.44. The van der Waals surface area contributed by atoms with Crippen LogP contribution in [0.1, 0.15) is 0 Å². The fourth-order valence-electron chi connectivity index (χ4n) is 0.0527. The first kappa shape index (κ1) is 10.1. The molecule has 0 amide bonds. The maximum atomic E-state index is 9.19. The van der Waals surface area contributed by atoms with Gasteiger partial charge < -0.3 is 9.90 Å². The van der Waals surface area contributed by atoms with E-state index in [0.29, 0.717) is 0 Å². The molecule has 0 atom stereocenters. The molecule has 0 aliphatic heterocycles. The second-order valence-corrected chi connectivity index (χ2v) is 0.659. The molecule has 0 aromatic heterocycles. The molecule has 34 valence electrons. The van der Waals surface area contributed by atoms with E-state index in [0.717, 1.165) is 0 Å². The van der Waals surface area contributed by atoms with E-state index in [1.807, 2.05) is 5.18 Å². The first-order valence-electron chi connectivity index (χ1n) is 1.26. The molecule has 0 rings (SSSR count). The zero-order valence-corrected chi connectivity index (χ0v) is 5.88. The fraction of sp³-hybridized carbons (Fsp3) is 0.500. The van der Waals surface area contributed by atoms with Crippen LogP contribution in [0.25, 0.3) is 0 Å². The van der Waals surface area contributed by atoms with Crippen molar-refractivity contribution in [3.8, 4) is 0 Å². The Kier molecular flexibility index (Phi) is 8.79. The summed E-state index contributed by atoms with van der Waals surface area (Å²) in [6.45, 7) is -0.750. The van der Waals surface area contributed by atoms with Gasteiger partial charge in [0, 0.05) is 0 Å². The third-order valence-electron chi connectivity index (χ3n) is 0.194. The zero-order chi connectivity index (χ0) is 4.99. The zero-order valence-electron chi connectivity index (χ0n) is 3.88. The van der Waals surface area contributed by atoms with E-state index in [9.17, 15) is 9.90 Å². The van der Waals surface area contributed by atoms with Crippen molar-refractivity contribution in [2.45, 2.75) is 0 Å². The van der Waals surface area contributed by atoms with E-state index in [2.05, 4.69) is 0 Å². The van der Waals surface area contributed by atoms with Gasteiger partial charge >= 0.3 is 29.6 Å². The summed E-state index contributed by atoms with van der Waals surface area (Å²) in [5.74, 6) is -1.44. The molecule has 0 fully saturated rings. The van der Waals surface area contributed by atoms with E-state index in [-0.39, 0.29) is 29.6 Å². The third kappa shape index (κ3) is 10.7. The molecule has 0 spiro atoms. The monoisotopic (exact) mass is 111 g/mol. The van der Waals surface area contributed by atoms with Gasteiger partial charge in [0.1, 0.15) is 6.54 Å². The van der Waals surface area contributed by atoms with Gasteiger partial charge in [-0.25, -0.2) is 0 Å². The van der Waals surface area contributed by atoms with Gasteiger partial charge in [-0.3, -0.25) is 0 Å². The quantitative estimate of drug-likeness (QED) is 0.266. The van der Waals surface area contributed by atoms with Crippen molar-refractivity contribution < 1.29 is 39.5 Å². The van der Waals surface area contributed by atoms with Crippen LogP contribution in [0.5, 0.6) is 0 Å². The summed E-state index contributed by atoms with van der Waals surface area (Å²) in [6, 6.07) is 0. The van der Waals surface area contributed by atoms with Crippen LogP contribution in [0, 0.1) is 4.91 Å². The number of carboxylic acid groups (broad SMARTS) is 1. The summed E-state index contributed by atoms with van der Waals surface area (Å²) < 4.78 is 0. The molecule has 0 heterocycles. The molecule has 0 bridgehead atoms. The van der Waals surface area contributed by atoms with Crippen molar-refractivity contribution in [3.63, 3.8) is 0 Å². The number of aliphatic carboxylic acids is 1. The van der Waals surface area contributed by atoms with E-state index in [1.54, 1.807) is 0 Å². The molecule has 4 nitrogen and oxygen atoms in total. The minimum absolute atomic E-state index is 0. The van der Waals surface area contributed by atoms with Crippen molar-refractivity contribution in [3.05, 3.63) is 4.91 Å². The number of carbonyl (C=O) groups is 1. The van der Waals surface area contributed by atoms with Gasteiger partial charge in [0.2, 0.25) is 0 Å². The van der Waals surface area contributed by atoms with Gasteiger partial charge in [-0.2, -0.15) is 4.91 Å². The molecule has 0 saturated heterocycles. The molecular formula is C2H2NNaO3. The number of nitrogens with zero attached hydrogens (tertiary/aromatic N) is 1. The molecule has 0 aliphatic rings. The topological polar surface area (TPSA) is 69.6 Å². The third-order valence-corrected chi connectivity index (χ3v) is 0.194. The molecule has 0 aromatic carbocycles.